The van der Waals surface area contributed by atoms with Crippen LogP contribution in [0.15, 0.2) is 55.8 Å². The number of hydrogen-bond acceptors (Lipinski definition) is 6. The minimum Gasteiger partial charge on any atom is -0.486 e. The molecule has 0 fully saturated rings. The molecule has 0 saturated heterocycles. The van der Waals surface area contributed by atoms with Gasteiger partial charge in [-0.3, -0.25) is 14.5 Å². The highest BCUT2D eigenvalue weighted by molar-refractivity contribution is 5.86. The van der Waals surface area contributed by atoms with Crippen LogP contribution in [0.25, 0.3) is 16.6 Å². The largest absolute Gasteiger partial charge is 0.486 e. The van der Waals surface area contributed by atoms with E-state index in [9.17, 15) is 14.4 Å². The fourth-order valence-corrected chi connectivity index (χ4v) is 3.17. The molecule has 0 aromatic carbocycles. The van der Waals surface area contributed by atoms with Gasteiger partial charge >= 0.3 is 0 Å². The molecule has 9 nitrogen and oxygen atoms in total. The Hall–Kier alpha value is -4.52. The lowest BCUT2D eigenvalue weighted by Gasteiger charge is -2.12. The number of carbonyl (C=O) groups is 1. The molecule has 1 N–H and O–H groups in total. The lowest BCUT2D eigenvalue weighted by Crippen LogP contribution is -2.21. The fourth-order valence-electron chi connectivity index (χ4n) is 3.17. The van der Waals surface area contributed by atoms with Crippen LogP contribution in [0.4, 0.5) is 4.39 Å². The molecule has 0 radical (unpaired) electrons. The third kappa shape index (κ3) is 4.04. The maximum absolute atomic E-state index is 14.9. The lowest BCUT2D eigenvalue weighted by atomic mass is 10.1. The van der Waals surface area contributed by atoms with Crippen LogP contribution < -0.4 is 10.1 Å². The van der Waals surface area contributed by atoms with Gasteiger partial charge in [-0.15, -0.1) is 0 Å². The number of pyridine rings is 2. The Labute approximate surface area is 182 Å². The first-order chi connectivity index (χ1) is 15.5. The van der Waals surface area contributed by atoms with E-state index in [1.54, 1.807) is 27.7 Å². The smallest absolute Gasteiger partial charge is 0.243 e. The van der Waals surface area contributed by atoms with Crippen molar-refractivity contribution in [1.29, 1.82) is 5.26 Å². The van der Waals surface area contributed by atoms with Gasteiger partial charge < -0.3 is 10.1 Å². The van der Waals surface area contributed by atoms with E-state index in [4.69, 9.17) is 4.74 Å². The molecule has 4 aromatic heterocycles. The van der Waals surface area contributed by atoms with E-state index < -0.39 is 11.7 Å². The lowest BCUT2D eigenvalue weighted by molar-refractivity contribution is -0.116. The third-order valence-corrected chi connectivity index (χ3v) is 4.78. The Morgan fingerprint density at radius 2 is 2.19 bits per heavy atom. The third-order valence-electron chi connectivity index (χ3n) is 4.78. The van der Waals surface area contributed by atoms with Crippen molar-refractivity contribution in [3.05, 3.63) is 78.4 Å². The second kappa shape index (κ2) is 8.69. The van der Waals surface area contributed by atoms with Gasteiger partial charge in [0.2, 0.25) is 5.91 Å². The number of rotatable bonds is 7. The zero-order valence-corrected chi connectivity index (χ0v) is 17.1. The van der Waals surface area contributed by atoms with Crippen LogP contribution >= 0.6 is 0 Å². The number of aryl methyl sites for hydroxylation is 1. The molecule has 10 heteroatoms. The minimum atomic E-state index is -0.578. The molecular weight excluding hydrogens is 413 g/mol. The van der Waals surface area contributed by atoms with E-state index in [1.165, 1.54) is 18.5 Å². The molecule has 4 heterocycles. The van der Waals surface area contributed by atoms with Crippen LogP contribution in [-0.4, -0.2) is 30.3 Å². The summed E-state index contributed by atoms with van der Waals surface area (Å²) in [5.41, 5.74) is 2.76. The van der Waals surface area contributed by atoms with Crippen LogP contribution in [0, 0.1) is 17.1 Å². The van der Waals surface area contributed by atoms with Crippen molar-refractivity contribution >= 4 is 11.4 Å². The zero-order valence-electron chi connectivity index (χ0n) is 17.1. The van der Waals surface area contributed by atoms with Crippen molar-refractivity contribution in [2.24, 2.45) is 7.05 Å². The number of aromatic nitrogens is 5. The van der Waals surface area contributed by atoms with E-state index in [-0.39, 0.29) is 24.4 Å². The molecule has 4 rings (SSSR count). The van der Waals surface area contributed by atoms with Gasteiger partial charge in [0.15, 0.2) is 5.82 Å². The van der Waals surface area contributed by atoms with Crippen molar-refractivity contribution < 1.29 is 13.9 Å². The number of nitriles is 1. The Morgan fingerprint density at radius 3 is 2.91 bits per heavy atom. The highest BCUT2D eigenvalue weighted by atomic mass is 19.1. The maximum atomic E-state index is 14.9. The van der Waals surface area contributed by atoms with Crippen molar-refractivity contribution in [3.8, 4) is 22.9 Å². The minimum absolute atomic E-state index is 0.0769. The second-order valence-corrected chi connectivity index (χ2v) is 6.90. The number of carbonyl (C=O) groups excluding carboxylic acids is 1. The number of nitrogens with zero attached hydrogens (tertiary/aromatic N) is 6. The van der Waals surface area contributed by atoms with Crippen molar-refractivity contribution in [3.63, 3.8) is 0 Å². The van der Waals surface area contributed by atoms with Gasteiger partial charge in [0.25, 0.3) is 0 Å². The monoisotopic (exact) mass is 431 g/mol. The highest BCUT2D eigenvalue weighted by Crippen LogP contribution is 2.30. The van der Waals surface area contributed by atoms with E-state index in [1.807, 2.05) is 13.2 Å². The average molecular weight is 431 g/mol. The standard InChI is InChI=1S/C22H18FN7O2/c1-3-20(31)26-10-18-21(23)14(4-5-25-18)13-32-19-6-15(17-9-27-29(2)11-17)12-30-22(19)16(7-24)8-28-30/h3-6,8-9,11-12H,1,10,13H2,2H3,(H,26,31). The van der Waals surface area contributed by atoms with Gasteiger partial charge in [-0.25, -0.2) is 8.91 Å². The SMILES string of the molecule is C=CC(=O)NCc1nccc(COc2cc(-c3cnn(C)c3)cn3ncc(C#N)c23)c1F. The van der Waals surface area contributed by atoms with Crippen LogP contribution in [0.1, 0.15) is 16.8 Å². The van der Waals surface area contributed by atoms with Crippen LogP contribution in [-0.2, 0) is 25.0 Å². The summed E-state index contributed by atoms with van der Waals surface area (Å²) in [4.78, 5) is 15.3. The molecule has 4 aromatic rings. The molecule has 0 saturated carbocycles. The van der Waals surface area contributed by atoms with E-state index in [0.29, 0.717) is 16.8 Å². The molecule has 0 spiro atoms. The normalized spacial score (nSPS) is 10.7. The summed E-state index contributed by atoms with van der Waals surface area (Å²) < 4.78 is 24.0. The maximum Gasteiger partial charge on any atom is 0.243 e. The molecule has 0 aliphatic heterocycles. The number of nitrogens with one attached hydrogen (secondary N) is 1. The summed E-state index contributed by atoms with van der Waals surface area (Å²) in [7, 11) is 1.81. The molecule has 0 atom stereocenters. The van der Waals surface area contributed by atoms with Gasteiger partial charge in [-0.2, -0.15) is 15.5 Å². The summed E-state index contributed by atoms with van der Waals surface area (Å²) in [5.74, 6) is -0.629. The average Bonchev–Trinajstić information content (AvgIpc) is 3.43. The second-order valence-electron chi connectivity index (χ2n) is 6.90. The fraction of sp³-hybridized carbons (Fsp3) is 0.136. The van der Waals surface area contributed by atoms with Gasteiger partial charge in [0.05, 0.1) is 24.6 Å². The number of halogens is 1. The Bertz CT molecular complexity index is 1370. The van der Waals surface area contributed by atoms with Gasteiger partial charge in [0.1, 0.15) is 29.5 Å². The first kappa shape index (κ1) is 20.7. The molecule has 0 bridgehead atoms. The number of ether oxygens (including phenoxy) is 1. The summed E-state index contributed by atoms with van der Waals surface area (Å²) in [6.07, 6.45) is 9.30. The van der Waals surface area contributed by atoms with E-state index in [0.717, 1.165) is 17.2 Å². The van der Waals surface area contributed by atoms with Gasteiger partial charge in [-0.05, 0) is 18.2 Å². The molecule has 0 aliphatic rings. The zero-order chi connectivity index (χ0) is 22.7. The first-order valence-corrected chi connectivity index (χ1v) is 9.56. The molecule has 0 aliphatic carbocycles. The van der Waals surface area contributed by atoms with Crippen LogP contribution in [0.2, 0.25) is 0 Å². The van der Waals surface area contributed by atoms with E-state index in [2.05, 4.69) is 33.1 Å². The molecular formula is C22H18FN7O2. The van der Waals surface area contributed by atoms with Crippen molar-refractivity contribution in [2.45, 2.75) is 13.2 Å². The van der Waals surface area contributed by atoms with Crippen LogP contribution in [0.3, 0.4) is 0 Å². The Kier molecular flexibility index (Phi) is 5.63. The molecule has 1 amide bonds. The van der Waals surface area contributed by atoms with Crippen molar-refractivity contribution in [2.75, 3.05) is 0 Å². The number of fused-ring (bicyclic) bond motifs is 1. The van der Waals surface area contributed by atoms with Crippen molar-refractivity contribution in [1.82, 2.24) is 29.7 Å². The predicted molar refractivity (Wildman–Crippen MR) is 113 cm³/mol. The molecule has 0 unspecified atom stereocenters. The summed E-state index contributed by atoms with van der Waals surface area (Å²) in [6, 6.07) is 5.35. The van der Waals surface area contributed by atoms with E-state index >= 15 is 0 Å². The number of hydrogen-bond donors (Lipinski definition) is 1. The topological polar surface area (TPSA) is 110 Å². The summed E-state index contributed by atoms with van der Waals surface area (Å²) in [6.45, 7) is 3.17. The Balaban J connectivity index is 1.66. The Morgan fingerprint density at radius 1 is 1.34 bits per heavy atom. The van der Waals surface area contributed by atoms with Crippen LogP contribution in [0.5, 0.6) is 5.75 Å². The molecule has 32 heavy (non-hydrogen) atoms. The summed E-state index contributed by atoms with van der Waals surface area (Å²) >= 11 is 0. The van der Waals surface area contributed by atoms with Gasteiger partial charge in [-0.1, -0.05) is 6.58 Å². The summed E-state index contributed by atoms with van der Waals surface area (Å²) in [5, 5.41) is 20.4. The van der Waals surface area contributed by atoms with Gasteiger partial charge in [0, 0.05) is 42.3 Å². The quantitative estimate of drug-likeness (QED) is 0.450. The predicted octanol–water partition coefficient (Wildman–Crippen LogP) is 2.52. The molecule has 160 valence electrons. The first-order valence-electron chi connectivity index (χ1n) is 9.56. The number of amides is 1. The highest BCUT2D eigenvalue weighted by Gasteiger charge is 2.16.